The topological polar surface area (TPSA) is 78.8 Å². The van der Waals surface area contributed by atoms with E-state index in [9.17, 15) is 4.79 Å². The van der Waals surface area contributed by atoms with E-state index < -0.39 is 5.97 Å². The predicted octanol–water partition coefficient (Wildman–Crippen LogP) is 2.47. The number of H-pyrrole nitrogens is 1. The fraction of sp³-hybridized carbons (Fsp3) is 0.133. The van der Waals surface area contributed by atoms with Gasteiger partial charge >= 0.3 is 5.97 Å². The van der Waals surface area contributed by atoms with E-state index in [1.54, 1.807) is 6.20 Å². The molecule has 0 aliphatic heterocycles. The Bertz CT molecular complexity index is 691. The minimum Gasteiger partial charge on any atom is -0.465 e. The van der Waals surface area contributed by atoms with Gasteiger partial charge in [-0.15, -0.1) is 0 Å². The van der Waals surface area contributed by atoms with Crippen molar-refractivity contribution in [2.75, 3.05) is 7.11 Å². The summed E-state index contributed by atoms with van der Waals surface area (Å²) in [6, 6.07) is 9.68. The highest BCUT2D eigenvalue weighted by molar-refractivity contribution is 5.98. The zero-order valence-electron chi connectivity index (χ0n) is 11.2. The van der Waals surface area contributed by atoms with Gasteiger partial charge in [-0.1, -0.05) is 29.8 Å². The largest absolute Gasteiger partial charge is 0.465 e. The van der Waals surface area contributed by atoms with Crippen molar-refractivity contribution >= 4 is 12.0 Å². The Labute approximate surface area is 116 Å². The molecule has 0 radical (unpaired) electrons. The van der Waals surface area contributed by atoms with Crippen molar-refractivity contribution in [1.82, 2.24) is 10.2 Å². The van der Waals surface area contributed by atoms with Crippen LogP contribution >= 0.6 is 0 Å². The Morgan fingerprint density at radius 3 is 2.70 bits per heavy atom. The van der Waals surface area contributed by atoms with Crippen LogP contribution in [-0.2, 0) is 9.53 Å². The van der Waals surface area contributed by atoms with E-state index in [4.69, 9.17) is 5.26 Å². The number of nitriles is 1. The van der Waals surface area contributed by atoms with Crippen LogP contribution in [0.4, 0.5) is 0 Å². The molecule has 0 amide bonds. The smallest absolute Gasteiger partial charge is 0.348 e. The van der Waals surface area contributed by atoms with Gasteiger partial charge in [0, 0.05) is 11.1 Å². The number of hydrogen-bond donors (Lipinski definition) is 1. The molecule has 0 fully saturated rings. The molecule has 1 N–H and O–H groups in total. The van der Waals surface area contributed by atoms with Crippen LogP contribution in [0.2, 0.25) is 0 Å². The lowest BCUT2D eigenvalue weighted by Gasteiger charge is -2.01. The third kappa shape index (κ3) is 2.75. The van der Waals surface area contributed by atoms with Crippen LogP contribution in [0.25, 0.3) is 17.3 Å². The molecule has 0 spiro atoms. The van der Waals surface area contributed by atoms with Gasteiger partial charge in [-0.2, -0.15) is 10.4 Å². The van der Waals surface area contributed by atoms with Crippen molar-refractivity contribution in [1.29, 1.82) is 5.26 Å². The highest BCUT2D eigenvalue weighted by Crippen LogP contribution is 2.23. The Kier molecular flexibility index (Phi) is 3.96. The first-order valence-electron chi connectivity index (χ1n) is 5.96. The highest BCUT2D eigenvalue weighted by atomic mass is 16.5. The first kappa shape index (κ1) is 13.6. The molecule has 100 valence electrons. The molecule has 0 aliphatic carbocycles. The van der Waals surface area contributed by atoms with Gasteiger partial charge in [0.05, 0.1) is 19.0 Å². The number of rotatable bonds is 3. The fourth-order valence-electron chi connectivity index (χ4n) is 1.76. The zero-order chi connectivity index (χ0) is 14.5. The molecular formula is C15H13N3O2. The summed E-state index contributed by atoms with van der Waals surface area (Å²) < 4.78 is 4.55. The number of nitrogens with one attached hydrogen (secondary N) is 1. The number of aryl methyl sites for hydroxylation is 1. The number of esters is 1. The number of hydrogen-bond acceptors (Lipinski definition) is 4. The van der Waals surface area contributed by atoms with Crippen LogP contribution in [0, 0.1) is 18.3 Å². The van der Waals surface area contributed by atoms with Gasteiger partial charge in [0.1, 0.15) is 11.6 Å². The lowest BCUT2D eigenvalue weighted by Crippen LogP contribution is -2.02. The Morgan fingerprint density at radius 1 is 1.40 bits per heavy atom. The maximum absolute atomic E-state index is 11.4. The van der Waals surface area contributed by atoms with Crippen LogP contribution < -0.4 is 0 Å². The van der Waals surface area contributed by atoms with Gasteiger partial charge < -0.3 is 4.74 Å². The second-order valence-corrected chi connectivity index (χ2v) is 4.23. The molecule has 5 heteroatoms. The van der Waals surface area contributed by atoms with Gasteiger partial charge in [-0.3, -0.25) is 5.10 Å². The molecule has 2 aromatic rings. The highest BCUT2D eigenvalue weighted by Gasteiger charge is 2.12. The number of nitrogens with zero attached hydrogens (tertiary/aromatic N) is 2. The molecule has 1 aromatic carbocycles. The van der Waals surface area contributed by atoms with Gasteiger partial charge in [-0.05, 0) is 13.0 Å². The van der Waals surface area contributed by atoms with Crippen molar-refractivity contribution in [3.8, 4) is 17.3 Å². The maximum atomic E-state index is 11.4. The van der Waals surface area contributed by atoms with Crippen molar-refractivity contribution in [2.45, 2.75) is 6.92 Å². The summed E-state index contributed by atoms with van der Waals surface area (Å²) >= 11 is 0. The lowest BCUT2D eigenvalue weighted by molar-refractivity contribution is -0.135. The van der Waals surface area contributed by atoms with Gasteiger partial charge in [-0.25, -0.2) is 4.79 Å². The van der Waals surface area contributed by atoms with E-state index in [2.05, 4.69) is 14.9 Å². The van der Waals surface area contributed by atoms with Crippen molar-refractivity contribution in [2.24, 2.45) is 0 Å². The molecule has 0 unspecified atom stereocenters. The Hall–Kier alpha value is -2.87. The zero-order valence-corrected chi connectivity index (χ0v) is 11.2. The molecular weight excluding hydrogens is 254 g/mol. The number of carbonyl (C=O) groups is 1. The molecule has 0 saturated heterocycles. The summed E-state index contributed by atoms with van der Waals surface area (Å²) in [5, 5.41) is 15.8. The first-order valence-corrected chi connectivity index (χ1v) is 5.96. The SMILES string of the molecule is COC(=O)/C(C#N)=C\c1cn[nH]c1-c1ccc(C)cc1. The van der Waals surface area contributed by atoms with Gasteiger partial charge in [0.2, 0.25) is 0 Å². The molecule has 0 aliphatic rings. The lowest BCUT2D eigenvalue weighted by atomic mass is 10.0. The maximum Gasteiger partial charge on any atom is 0.348 e. The predicted molar refractivity (Wildman–Crippen MR) is 74.4 cm³/mol. The van der Waals surface area contributed by atoms with E-state index in [0.29, 0.717) is 5.56 Å². The minimum absolute atomic E-state index is 0.0674. The summed E-state index contributed by atoms with van der Waals surface area (Å²) in [5.74, 6) is -0.663. The van der Waals surface area contributed by atoms with Crippen molar-refractivity contribution < 1.29 is 9.53 Å². The Balaban J connectivity index is 2.43. The number of carbonyl (C=O) groups excluding carboxylic acids is 1. The average molecular weight is 267 g/mol. The first-order chi connectivity index (χ1) is 9.65. The molecule has 1 heterocycles. The summed E-state index contributed by atoms with van der Waals surface area (Å²) in [7, 11) is 1.24. The number of methoxy groups -OCH3 is 1. The summed E-state index contributed by atoms with van der Waals surface area (Å²) in [4.78, 5) is 11.4. The molecule has 20 heavy (non-hydrogen) atoms. The quantitative estimate of drug-likeness (QED) is 0.526. The van der Waals surface area contributed by atoms with E-state index in [0.717, 1.165) is 16.8 Å². The van der Waals surface area contributed by atoms with Crippen LogP contribution in [0.15, 0.2) is 36.0 Å². The van der Waals surface area contributed by atoms with Crippen LogP contribution in [0.1, 0.15) is 11.1 Å². The fourth-order valence-corrected chi connectivity index (χ4v) is 1.76. The number of aromatic amines is 1. The molecule has 0 atom stereocenters. The monoisotopic (exact) mass is 267 g/mol. The van der Waals surface area contributed by atoms with Crippen LogP contribution in [0.3, 0.4) is 0 Å². The van der Waals surface area contributed by atoms with E-state index in [1.807, 2.05) is 37.3 Å². The van der Waals surface area contributed by atoms with Crippen LogP contribution in [-0.4, -0.2) is 23.3 Å². The van der Waals surface area contributed by atoms with Gasteiger partial charge in [0.15, 0.2) is 0 Å². The third-order valence-corrected chi connectivity index (χ3v) is 2.83. The second-order valence-electron chi connectivity index (χ2n) is 4.23. The summed E-state index contributed by atoms with van der Waals surface area (Å²) in [6.07, 6.45) is 3.03. The number of ether oxygens (including phenoxy) is 1. The standard InChI is InChI=1S/C15H13N3O2/c1-10-3-5-11(6-4-10)14-13(9-17-18-14)7-12(8-16)15(19)20-2/h3-7,9H,1-2H3,(H,17,18)/b12-7-. The third-order valence-electron chi connectivity index (χ3n) is 2.83. The van der Waals surface area contributed by atoms with E-state index in [1.165, 1.54) is 13.2 Å². The molecule has 5 nitrogen and oxygen atoms in total. The molecule has 1 aromatic heterocycles. The van der Waals surface area contributed by atoms with E-state index in [-0.39, 0.29) is 5.57 Å². The summed E-state index contributed by atoms with van der Waals surface area (Å²) in [5.41, 5.74) is 3.43. The molecule has 0 bridgehead atoms. The molecule has 0 saturated carbocycles. The van der Waals surface area contributed by atoms with Crippen LogP contribution in [0.5, 0.6) is 0 Å². The summed E-state index contributed by atoms with van der Waals surface area (Å²) in [6.45, 7) is 2.00. The average Bonchev–Trinajstić information content (AvgIpc) is 2.93. The minimum atomic E-state index is -0.663. The van der Waals surface area contributed by atoms with Crippen molar-refractivity contribution in [3.63, 3.8) is 0 Å². The Morgan fingerprint density at radius 2 is 2.10 bits per heavy atom. The molecule has 2 rings (SSSR count). The van der Waals surface area contributed by atoms with E-state index >= 15 is 0 Å². The number of benzene rings is 1. The van der Waals surface area contributed by atoms with Gasteiger partial charge in [0.25, 0.3) is 0 Å². The second kappa shape index (κ2) is 5.85. The number of aromatic nitrogens is 2. The normalized spacial score (nSPS) is 10.9. The van der Waals surface area contributed by atoms with Crippen molar-refractivity contribution in [3.05, 3.63) is 47.2 Å².